The Bertz CT molecular complexity index is 1070. The molecule has 0 unspecified atom stereocenters. The Hall–Kier alpha value is -2.30. The molecule has 3 nitrogen and oxygen atoms in total. The van der Waals surface area contributed by atoms with Gasteiger partial charge in [0.2, 0.25) is 11.8 Å². The Morgan fingerprint density at radius 3 is 1.52 bits per heavy atom. The van der Waals surface area contributed by atoms with Crippen molar-refractivity contribution in [2.24, 2.45) is 0 Å². The van der Waals surface area contributed by atoms with Crippen LogP contribution in [0.15, 0.2) is 24.3 Å². The largest absolute Gasteiger partial charge is 0.453 e. The molecular formula is C23H22Cl2FNO2. The molecule has 29 heavy (non-hydrogen) atoms. The quantitative estimate of drug-likeness (QED) is 0.390. The van der Waals surface area contributed by atoms with Crippen molar-refractivity contribution in [1.29, 1.82) is 0 Å². The fraction of sp³-hybridized carbons (Fsp3) is 0.261. The van der Waals surface area contributed by atoms with Crippen LogP contribution >= 0.6 is 23.2 Å². The Labute approximate surface area is 180 Å². The van der Waals surface area contributed by atoms with E-state index in [9.17, 15) is 4.39 Å². The zero-order valence-corrected chi connectivity index (χ0v) is 18.7. The van der Waals surface area contributed by atoms with Gasteiger partial charge in [0.25, 0.3) is 0 Å². The third-order valence-corrected chi connectivity index (χ3v) is 5.24. The van der Waals surface area contributed by atoms with Crippen molar-refractivity contribution < 1.29 is 13.9 Å². The average molecular weight is 434 g/mol. The summed E-state index contributed by atoms with van der Waals surface area (Å²) in [4.78, 5) is 3.80. The van der Waals surface area contributed by atoms with Gasteiger partial charge in [0.05, 0.1) is 0 Å². The second kappa shape index (κ2) is 8.21. The van der Waals surface area contributed by atoms with E-state index in [1.807, 2.05) is 65.8 Å². The Kier molecular flexibility index (Phi) is 6.06. The molecule has 0 fully saturated rings. The van der Waals surface area contributed by atoms with Crippen LogP contribution in [0.25, 0.3) is 0 Å². The number of ether oxygens (including phenoxy) is 2. The molecule has 0 saturated heterocycles. The van der Waals surface area contributed by atoms with Crippen LogP contribution in [0.1, 0.15) is 33.4 Å². The summed E-state index contributed by atoms with van der Waals surface area (Å²) in [5, 5.41) is -0.283. The van der Waals surface area contributed by atoms with Crippen molar-refractivity contribution in [3.63, 3.8) is 0 Å². The van der Waals surface area contributed by atoms with Gasteiger partial charge in [-0.15, -0.1) is 0 Å². The zero-order valence-electron chi connectivity index (χ0n) is 17.2. The molecule has 3 aromatic rings. The Morgan fingerprint density at radius 1 is 0.655 bits per heavy atom. The smallest absolute Gasteiger partial charge is 0.244 e. The summed E-state index contributed by atoms with van der Waals surface area (Å²) in [6.45, 7) is 11.6. The first-order valence-corrected chi connectivity index (χ1v) is 9.90. The summed E-state index contributed by atoms with van der Waals surface area (Å²) in [7, 11) is 0. The first-order chi connectivity index (χ1) is 13.6. The third kappa shape index (κ3) is 4.34. The normalized spacial score (nSPS) is 10.9. The molecular weight excluding hydrogens is 412 g/mol. The van der Waals surface area contributed by atoms with Crippen LogP contribution in [0.4, 0.5) is 4.39 Å². The van der Waals surface area contributed by atoms with Crippen LogP contribution in [-0.2, 0) is 0 Å². The SMILES string of the molecule is Cc1cc(C)c(Oc2nc(F)c(Cl)c(Oc3c(C)cc(C)cc3C)c2Cl)c(C)c1. The molecule has 1 aromatic heterocycles. The molecule has 0 aliphatic carbocycles. The van der Waals surface area contributed by atoms with Crippen LogP contribution in [0.3, 0.4) is 0 Å². The maximum Gasteiger partial charge on any atom is 0.244 e. The van der Waals surface area contributed by atoms with Crippen molar-refractivity contribution in [2.45, 2.75) is 41.5 Å². The van der Waals surface area contributed by atoms with Gasteiger partial charge in [-0.3, -0.25) is 0 Å². The van der Waals surface area contributed by atoms with Crippen molar-refractivity contribution in [3.05, 3.63) is 73.6 Å². The molecule has 0 atom stereocenters. The van der Waals surface area contributed by atoms with Crippen molar-refractivity contribution >= 4 is 23.2 Å². The molecule has 0 aliphatic heterocycles. The van der Waals surface area contributed by atoms with E-state index in [2.05, 4.69) is 4.98 Å². The van der Waals surface area contributed by atoms with E-state index in [-0.39, 0.29) is 21.7 Å². The summed E-state index contributed by atoms with van der Waals surface area (Å²) < 4.78 is 26.4. The lowest BCUT2D eigenvalue weighted by Crippen LogP contribution is -2.01. The van der Waals surface area contributed by atoms with Gasteiger partial charge in [0, 0.05) is 0 Å². The fourth-order valence-electron chi connectivity index (χ4n) is 3.49. The summed E-state index contributed by atoms with van der Waals surface area (Å²) >= 11 is 12.6. The summed E-state index contributed by atoms with van der Waals surface area (Å²) in [6.07, 6.45) is 0. The zero-order chi connectivity index (χ0) is 21.5. The van der Waals surface area contributed by atoms with Crippen LogP contribution < -0.4 is 9.47 Å². The second-order valence-corrected chi connectivity index (χ2v) is 8.08. The maximum absolute atomic E-state index is 14.5. The minimum Gasteiger partial charge on any atom is -0.453 e. The van der Waals surface area contributed by atoms with Crippen molar-refractivity contribution in [1.82, 2.24) is 4.98 Å². The van der Waals surface area contributed by atoms with E-state index in [1.165, 1.54) is 0 Å². The number of aromatic nitrogens is 1. The Morgan fingerprint density at radius 2 is 1.07 bits per heavy atom. The number of halogens is 3. The van der Waals surface area contributed by atoms with Crippen molar-refractivity contribution in [2.75, 3.05) is 0 Å². The highest BCUT2D eigenvalue weighted by Gasteiger charge is 2.23. The maximum atomic E-state index is 14.5. The first kappa shape index (κ1) is 21.4. The molecule has 0 bridgehead atoms. The molecule has 0 spiro atoms. The van der Waals surface area contributed by atoms with Crippen LogP contribution in [0.5, 0.6) is 23.1 Å². The molecule has 0 saturated carbocycles. The molecule has 2 aromatic carbocycles. The van der Waals surface area contributed by atoms with Gasteiger partial charge in [-0.05, 0) is 63.8 Å². The number of nitrogens with zero attached hydrogens (tertiary/aromatic N) is 1. The lowest BCUT2D eigenvalue weighted by atomic mass is 10.1. The fourth-order valence-corrected chi connectivity index (χ4v) is 3.92. The van der Waals surface area contributed by atoms with E-state index in [0.717, 1.165) is 33.4 Å². The van der Waals surface area contributed by atoms with E-state index < -0.39 is 5.95 Å². The van der Waals surface area contributed by atoms with E-state index in [1.54, 1.807) is 0 Å². The lowest BCUT2D eigenvalue weighted by molar-refractivity contribution is 0.422. The number of benzene rings is 2. The first-order valence-electron chi connectivity index (χ1n) is 9.14. The molecule has 152 valence electrons. The average Bonchev–Trinajstić information content (AvgIpc) is 2.60. The monoisotopic (exact) mass is 433 g/mol. The lowest BCUT2D eigenvalue weighted by Gasteiger charge is -2.18. The van der Waals surface area contributed by atoms with Gasteiger partial charge in [-0.25, -0.2) is 0 Å². The predicted octanol–water partition coefficient (Wildman–Crippen LogP) is 7.96. The van der Waals surface area contributed by atoms with Crippen LogP contribution in [0, 0.1) is 47.5 Å². The van der Waals surface area contributed by atoms with Crippen LogP contribution in [-0.4, -0.2) is 4.98 Å². The number of hydrogen-bond acceptors (Lipinski definition) is 3. The predicted molar refractivity (Wildman–Crippen MR) is 116 cm³/mol. The van der Waals surface area contributed by atoms with Crippen LogP contribution in [0.2, 0.25) is 10.0 Å². The molecule has 3 rings (SSSR count). The highest BCUT2D eigenvalue weighted by atomic mass is 35.5. The van der Waals surface area contributed by atoms with Crippen molar-refractivity contribution in [3.8, 4) is 23.1 Å². The second-order valence-electron chi connectivity index (χ2n) is 7.32. The van der Waals surface area contributed by atoms with E-state index in [4.69, 9.17) is 32.7 Å². The highest BCUT2D eigenvalue weighted by molar-refractivity contribution is 6.38. The van der Waals surface area contributed by atoms with E-state index in [0.29, 0.717) is 11.5 Å². The minimum atomic E-state index is -0.911. The highest BCUT2D eigenvalue weighted by Crippen LogP contribution is 2.45. The number of hydrogen-bond donors (Lipinski definition) is 0. The summed E-state index contributed by atoms with van der Waals surface area (Å²) in [6, 6.07) is 7.88. The molecule has 0 amide bonds. The van der Waals surface area contributed by atoms with Gasteiger partial charge in [0.1, 0.15) is 21.5 Å². The molecule has 6 heteroatoms. The van der Waals surface area contributed by atoms with Gasteiger partial charge >= 0.3 is 0 Å². The molecule has 0 radical (unpaired) electrons. The minimum absolute atomic E-state index is 0.00940. The summed E-state index contributed by atoms with van der Waals surface area (Å²) in [5.41, 5.74) is 5.76. The van der Waals surface area contributed by atoms with E-state index >= 15 is 0 Å². The number of pyridine rings is 1. The van der Waals surface area contributed by atoms with Gasteiger partial charge in [0.15, 0.2) is 5.75 Å². The third-order valence-electron chi connectivity index (χ3n) is 4.58. The molecule has 0 N–H and O–H groups in total. The standard InChI is InChI=1S/C23H22Cl2FNO2/c1-11-7-13(3)19(14(4)8-11)28-21-17(24)22(26)27-23(18(21)25)29-20-15(5)9-12(2)10-16(20)6/h7-10H,1-6H3. The Balaban J connectivity index is 2.09. The van der Waals surface area contributed by atoms with Gasteiger partial charge in [-0.1, -0.05) is 58.6 Å². The number of rotatable bonds is 4. The van der Waals surface area contributed by atoms with Gasteiger partial charge in [-0.2, -0.15) is 9.37 Å². The summed E-state index contributed by atoms with van der Waals surface area (Å²) in [5.74, 6) is 0.110. The number of aryl methyl sites for hydroxylation is 6. The van der Waals surface area contributed by atoms with Gasteiger partial charge < -0.3 is 9.47 Å². The molecule has 0 aliphatic rings. The topological polar surface area (TPSA) is 31.4 Å². The molecule has 1 heterocycles.